The number of aryl methyl sites for hydroxylation is 3. The van der Waals surface area contributed by atoms with E-state index in [1.165, 1.54) is 16.7 Å². The van der Waals surface area contributed by atoms with Gasteiger partial charge in [-0.25, -0.2) is 0 Å². The van der Waals surface area contributed by atoms with Crippen molar-refractivity contribution in [1.82, 2.24) is 0 Å². The molecule has 0 bridgehead atoms. The molecule has 0 spiro atoms. The predicted molar refractivity (Wildman–Crippen MR) is 80.7 cm³/mol. The Bertz CT molecular complexity index is 439. The Hall–Kier alpha value is -1.02. The van der Waals surface area contributed by atoms with E-state index in [1.54, 1.807) is 0 Å². The van der Waals surface area contributed by atoms with Gasteiger partial charge in [-0.05, 0) is 44.7 Å². The largest absolute Gasteiger partial charge is 0.489 e. The lowest BCUT2D eigenvalue weighted by Crippen LogP contribution is -2.63. The molecule has 0 heterocycles. The summed E-state index contributed by atoms with van der Waals surface area (Å²) in [6.45, 7) is 10.9. The van der Waals surface area contributed by atoms with Crippen LogP contribution in [0.1, 0.15) is 49.8 Å². The van der Waals surface area contributed by atoms with Gasteiger partial charge >= 0.3 is 0 Å². The fraction of sp³-hybridized carbons (Fsp3) is 0.647. The molecule has 0 radical (unpaired) electrons. The first-order valence-corrected chi connectivity index (χ1v) is 7.44. The second kappa shape index (κ2) is 5.16. The summed E-state index contributed by atoms with van der Waals surface area (Å²) >= 11 is 0. The summed E-state index contributed by atoms with van der Waals surface area (Å²) < 4.78 is 6.36. The number of benzene rings is 1. The summed E-state index contributed by atoms with van der Waals surface area (Å²) in [6.07, 6.45) is 3.45. The summed E-state index contributed by atoms with van der Waals surface area (Å²) in [5.41, 5.74) is 10.2. The molecule has 2 nitrogen and oxygen atoms in total. The third kappa shape index (κ3) is 2.27. The quantitative estimate of drug-likeness (QED) is 0.892. The Kier molecular flexibility index (Phi) is 3.91. The van der Waals surface area contributed by atoms with Gasteiger partial charge in [-0.3, -0.25) is 0 Å². The minimum absolute atomic E-state index is 0.170. The van der Waals surface area contributed by atoms with Crippen molar-refractivity contribution in [3.05, 3.63) is 28.8 Å². The second-order valence-electron chi connectivity index (χ2n) is 6.12. The molecule has 0 aliphatic heterocycles. The van der Waals surface area contributed by atoms with E-state index >= 15 is 0 Å². The average Bonchev–Trinajstić information content (AvgIpc) is 2.33. The molecule has 1 aromatic carbocycles. The van der Waals surface area contributed by atoms with Crippen LogP contribution in [-0.2, 0) is 0 Å². The maximum absolute atomic E-state index is 6.36. The summed E-state index contributed by atoms with van der Waals surface area (Å²) in [4.78, 5) is 0. The van der Waals surface area contributed by atoms with Crippen LogP contribution in [0.2, 0.25) is 0 Å². The summed E-state index contributed by atoms with van der Waals surface area (Å²) in [6, 6.07) is 4.68. The van der Waals surface area contributed by atoms with Crippen molar-refractivity contribution in [2.24, 2.45) is 11.1 Å². The molecule has 106 valence electrons. The second-order valence-corrected chi connectivity index (χ2v) is 6.12. The first-order chi connectivity index (χ1) is 8.94. The highest BCUT2D eigenvalue weighted by atomic mass is 16.5. The van der Waals surface area contributed by atoms with Crippen LogP contribution in [-0.4, -0.2) is 12.1 Å². The normalized spacial score (nSPS) is 24.9. The molecule has 0 saturated heterocycles. The van der Waals surface area contributed by atoms with Crippen molar-refractivity contribution in [2.45, 2.75) is 66.0 Å². The van der Waals surface area contributed by atoms with E-state index in [1.807, 2.05) is 0 Å². The molecule has 2 heteroatoms. The van der Waals surface area contributed by atoms with Gasteiger partial charge in [-0.1, -0.05) is 31.5 Å². The number of nitrogens with two attached hydrogens (primary N) is 1. The molecule has 1 aliphatic carbocycles. The van der Waals surface area contributed by atoms with Crippen molar-refractivity contribution < 1.29 is 4.74 Å². The van der Waals surface area contributed by atoms with E-state index in [-0.39, 0.29) is 11.5 Å². The highest BCUT2D eigenvalue weighted by molar-refractivity contribution is 5.43. The molecular formula is C17H27NO. The molecule has 1 aliphatic rings. The number of hydrogen-bond donors (Lipinski definition) is 1. The highest BCUT2D eigenvalue weighted by Crippen LogP contribution is 2.48. The fourth-order valence-corrected chi connectivity index (χ4v) is 3.67. The Morgan fingerprint density at radius 1 is 1.16 bits per heavy atom. The van der Waals surface area contributed by atoms with Crippen molar-refractivity contribution in [3.8, 4) is 5.75 Å². The predicted octanol–water partition coefficient (Wildman–Crippen LogP) is 3.90. The van der Waals surface area contributed by atoms with E-state index in [4.69, 9.17) is 10.5 Å². The summed E-state index contributed by atoms with van der Waals surface area (Å²) in [5, 5.41) is 0. The van der Waals surface area contributed by atoms with Crippen LogP contribution in [0.3, 0.4) is 0 Å². The Morgan fingerprint density at radius 2 is 1.68 bits per heavy atom. The van der Waals surface area contributed by atoms with Crippen LogP contribution in [0.4, 0.5) is 0 Å². The van der Waals surface area contributed by atoms with Gasteiger partial charge in [0.25, 0.3) is 0 Å². The standard InChI is InChI=1S/C17H27NO/c1-6-17(7-2)14(18)10-15(17)19-16-12(4)8-11(3)9-13(16)5/h8-9,14-15H,6-7,10,18H2,1-5H3. The van der Waals surface area contributed by atoms with E-state index in [0.29, 0.717) is 6.04 Å². The zero-order valence-corrected chi connectivity index (χ0v) is 12.9. The highest BCUT2D eigenvalue weighted by Gasteiger charge is 2.52. The molecule has 2 rings (SSSR count). The zero-order valence-electron chi connectivity index (χ0n) is 12.9. The maximum atomic E-state index is 6.36. The van der Waals surface area contributed by atoms with Crippen molar-refractivity contribution in [2.75, 3.05) is 0 Å². The van der Waals surface area contributed by atoms with Gasteiger partial charge in [0, 0.05) is 17.9 Å². The first-order valence-electron chi connectivity index (χ1n) is 7.44. The van der Waals surface area contributed by atoms with Crippen molar-refractivity contribution in [1.29, 1.82) is 0 Å². The van der Waals surface area contributed by atoms with E-state index in [2.05, 4.69) is 46.8 Å². The summed E-state index contributed by atoms with van der Waals surface area (Å²) in [7, 11) is 0. The molecule has 1 fully saturated rings. The molecule has 2 N–H and O–H groups in total. The molecule has 19 heavy (non-hydrogen) atoms. The van der Waals surface area contributed by atoms with Crippen LogP contribution < -0.4 is 10.5 Å². The fourth-order valence-electron chi connectivity index (χ4n) is 3.67. The van der Waals surface area contributed by atoms with E-state index in [9.17, 15) is 0 Å². The monoisotopic (exact) mass is 261 g/mol. The van der Waals surface area contributed by atoms with Gasteiger partial charge in [-0.15, -0.1) is 0 Å². The molecule has 2 atom stereocenters. The topological polar surface area (TPSA) is 35.2 Å². The molecule has 1 saturated carbocycles. The average molecular weight is 261 g/mol. The van der Waals surface area contributed by atoms with Crippen molar-refractivity contribution in [3.63, 3.8) is 0 Å². The lowest BCUT2D eigenvalue weighted by Gasteiger charge is -2.53. The minimum Gasteiger partial charge on any atom is -0.489 e. The van der Waals surface area contributed by atoms with Gasteiger partial charge in [0.15, 0.2) is 0 Å². The molecule has 1 aromatic rings. The first kappa shape index (κ1) is 14.4. The van der Waals surface area contributed by atoms with Gasteiger partial charge in [0.1, 0.15) is 11.9 Å². The smallest absolute Gasteiger partial charge is 0.125 e. The third-order valence-corrected chi connectivity index (χ3v) is 5.03. The number of ether oxygens (including phenoxy) is 1. The van der Waals surface area contributed by atoms with Gasteiger partial charge in [0.2, 0.25) is 0 Å². The van der Waals surface area contributed by atoms with E-state index < -0.39 is 0 Å². The molecule has 0 amide bonds. The van der Waals surface area contributed by atoms with Crippen LogP contribution >= 0.6 is 0 Å². The van der Waals surface area contributed by atoms with Gasteiger partial charge < -0.3 is 10.5 Å². The van der Waals surface area contributed by atoms with Gasteiger partial charge in [0.05, 0.1) is 0 Å². The Morgan fingerprint density at radius 3 is 2.11 bits per heavy atom. The molecule has 0 aromatic heterocycles. The number of hydrogen-bond acceptors (Lipinski definition) is 2. The SMILES string of the molecule is CCC1(CC)C(N)CC1Oc1c(C)cc(C)cc1C. The minimum atomic E-state index is 0.170. The number of rotatable bonds is 4. The zero-order chi connectivity index (χ0) is 14.2. The lowest BCUT2D eigenvalue weighted by molar-refractivity contribution is -0.0728. The van der Waals surface area contributed by atoms with Crippen LogP contribution in [0.5, 0.6) is 5.75 Å². The van der Waals surface area contributed by atoms with Crippen LogP contribution in [0.15, 0.2) is 12.1 Å². The Labute approximate surface area is 117 Å². The third-order valence-electron chi connectivity index (χ3n) is 5.03. The molecule has 2 unspecified atom stereocenters. The Balaban J connectivity index is 2.23. The maximum Gasteiger partial charge on any atom is 0.125 e. The summed E-state index contributed by atoms with van der Waals surface area (Å²) in [5.74, 6) is 1.06. The van der Waals surface area contributed by atoms with E-state index in [0.717, 1.165) is 25.0 Å². The molecular weight excluding hydrogens is 234 g/mol. The van der Waals surface area contributed by atoms with Crippen molar-refractivity contribution >= 4 is 0 Å². The van der Waals surface area contributed by atoms with Crippen LogP contribution in [0.25, 0.3) is 0 Å². The van der Waals surface area contributed by atoms with Crippen LogP contribution in [0, 0.1) is 26.2 Å². The lowest BCUT2D eigenvalue weighted by atomic mass is 9.59. The van der Waals surface area contributed by atoms with Gasteiger partial charge in [-0.2, -0.15) is 0 Å².